The SMILES string of the molecule is O=C(O)CCc1ncc(-c2ccc(-c3ccc(-c4cnc(CCC(=O)O)[nH]4)cc3)cc2)[nH]1. The van der Waals surface area contributed by atoms with Gasteiger partial charge < -0.3 is 20.2 Å². The van der Waals surface area contributed by atoms with E-state index < -0.39 is 11.9 Å². The molecule has 0 fully saturated rings. The van der Waals surface area contributed by atoms with E-state index in [0.29, 0.717) is 24.5 Å². The van der Waals surface area contributed by atoms with Crippen molar-refractivity contribution in [2.24, 2.45) is 0 Å². The Hall–Kier alpha value is -4.20. The van der Waals surface area contributed by atoms with Crippen LogP contribution < -0.4 is 0 Å². The number of hydrogen-bond donors (Lipinski definition) is 4. The molecule has 0 aliphatic carbocycles. The summed E-state index contributed by atoms with van der Waals surface area (Å²) in [5.41, 5.74) is 5.79. The number of aromatic amines is 2. The number of carboxylic acid groups (broad SMARTS) is 2. The summed E-state index contributed by atoms with van der Waals surface area (Å²) < 4.78 is 0. The van der Waals surface area contributed by atoms with Crippen LogP contribution in [0.5, 0.6) is 0 Å². The van der Waals surface area contributed by atoms with Crippen molar-refractivity contribution >= 4 is 11.9 Å². The average molecular weight is 430 g/mol. The van der Waals surface area contributed by atoms with Gasteiger partial charge in [-0.1, -0.05) is 48.5 Å². The van der Waals surface area contributed by atoms with Gasteiger partial charge in [-0.25, -0.2) is 9.97 Å². The van der Waals surface area contributed by atoms with E-state index in [-0.39, 0.29) is 12.8 Å². The Labute approximate surface area is 184 Å². The zero-order chi connectivity index (χ0) is 22.5. The van der Waals surface area contributed by atoms with E-state index in [9.17, 15) is 9.59 Å². The molecule has 0 bridgehead atoms. The third-order valence-electron chi connectivity index (χ3n) is 5.13. The monoisotopic (exact) mass is 430 g/mol. The molecule has 0 atom stereocenters. The normalized spacial score (nSPS) is 10.9. The van der Waals surface area contributed by atoms with Crippen molar-refractivity contribution in [3.63, 3.8) is 0 Å². The fraction of sp³-hybridized carbons (Fsp3) is 0.167. The molecule has 162 valence electrons. The summed E-state index contributed by atoms with van der Waals surface area (Å²) >= 11 is 0. The Balaban J connectivity index is 1.43. The van der Waals surface area contributed by atoms with E-state index in [2.05, 4.69) is 19.9 Å². The van der Waals surface area contributed by atoms with Crippen molar-refractivity contribution in [1.29, 1.82) is 0 Å². The van der Waals surface area contributed by atoms with Gasteiger partial charge in [-0.2, -0.15) is 0 Å². The van der Waals surface area contributed by atoms with E-state index in [1.54, 1.807) is 12.4 Å². The molecule has 32 heavy (non-hydrogen) atoms. The minimum Gasteiger partial charge on any atom is -0.481 e. The van der Waals surface area contributed by atoms with Crippen molar-refractivity contribution in [1.82, 2.24) is 19.9 Å². The highest BCUT2D eigenvalue weighted by molar-refractivity contribution is 5.72. The van der Waals surface area contributed by atoms with Crippen molar-refractivity contribution < 1.29 is 19.8 Å². The van der Waals surface area contributed by atoms with Gasteiger partial charge in [0.2, 0.25) is 0 Å². The maximum atomic E-state index is 10.7. The van der Waals surface area contributed by atoms with Crippen LogP contribution in [-0.4, -0.2) is 42.1 Å². The smallest absolute Gasteiger partial charge is 0.303 e. The van der Waals surface area contributed by atoms with Crippen molar-refractivity contribution in [3.8, 4) is 33.6 Å². The number of nitrogens with zero attached hydrogens (tertiary/aromatic N) is 2. The largest absolute Gasteiger partial charge is 0.481 e. The van der Waals surface area contributed by atoms with Gasteiger partial charge >= 0.3 is 11.9 Å². The fourth-order valence-corrected chi connectivity index (χ4v) is 3.41. The highest BCUT2D eigenvalue weighted by Crippen LogP contribution is 2.26. The Kier molecular flexibility index (Phi) is 6.12. The fourth-order valence-electron chi connectivity index (χ4n) is 3.41. The molecular formula is C24H22N4O4. The van der Waals surface area contributed by atoms with Crippen molar-refractivity contribution in [2.45, 2.75) is 25.7 Å². The van der Waals surface area contributed by atoms with Gasteiger partial charge in [0.15, 0.2) is 0 Å². The van der Waals surface area contributed by atoms with Crippen LogP contribution in [0.3, 0.4) is 0 Å². The van der Waals surface area contributed by atoms with Crippen molar-refractivity contribution in [2.75, 3.05) is 0 Å². The minimum absolute atomic E-state index is 0.0457. The number of aryl methyl sites for hydroxylation is 2. The molecule has 4 aromatic rings. The molecule has 0 aliphatic heterocycles. The first-order valence-corrected chi connectivity index (χ1v) is 10.2. The molecule has 0 spiro atoms. The molecule has 0 saturated heterocycles. The lowest BCUT2D eigenvalue weighted by Gasteiger charge is -2.05. The lowest BCUT2D eigenvalue weighted by atomic mass is 10.0. The quantitative estimate of drug-likeness (QED) is 0.315. The van der Waals surface area contributed by atoms with Crippen LogP contribution in [0.1, 0.15) is 24.5 Å². The number of aliphatic carboxylic acids is 2. The number of rotatable bonds is 9. The van der Waals surface area contributed by atoms with E-state index >= 15 is 0 Å². The van der Waals surface area contributed by atoms with Gasteiger partial charge in [-0.15, -0.1) is 0 Å². The van der Waals surface area contributed by atoms with Gasteiger partial charge in [0.25, 0.3) is 0 Å². The maximum absolute atomic E-state index is 10.7. The first-order valence-electron chi connectivity index (χ1n) is 10.2. The lowest BCUT2D eigenvalue weighted by Crippen LogP contribution is -1.98. The van der Waals surface area contributed by atoms with Crippen LogP contribution >= 0.6 is 0 Å². The Bertz CT molecular complexity index is 1130. The second-order valence-electron chi connectivity index (χ2n) is 7.43. The molecular weight excluding hydrogens is 408 g/mol. The second-order valence-corrected chi connectivity index (χ2v) is 7.43. The Morgan fingerprint density at radius 1 is 0.625 bits per heavy atom. The first-order chi connectivity index (χ1) is 15.5. The summed E-state index contributed by atoms with van der Waals surface area (Å²) in [6.45, 7) is 0. The molecule has 2 heterocycles. The van der Waals surface area contributed by atoms with Gasteiger partial charge in [0.1, 0.15) is 11.6 Å². The molecule has 0 radical (unpaired) electrons. The number of imidazole rings is 2. The minimum atomic E-state index is -0.843. The summed E-state index contributed by atoms with van der Waals surface area (Å²) in [5, 5.41) is 17.6. The van der Waals surface area contributed by atoms with Gasteiger partial charge in [0, 0.05) is 12.8 Å². The number of H-pyrrole nitrogens is 2. The summed E-state index contributed by atoms with van der Waals surface area (Å²) in [7, 11) is 0. The summed E-state index contributed by atoms with van der Waals surface area (Å²) in [4.78, 5) is 36.3. The number of carbonyl (C=O) groups is 2. The Morgan fingerprint density at radius 3 is 1.31 bits per heavy atom. The highest BCUT2D eigenvalue weighted by Gasteiger charge is 2.08. The zero-order valence-electron chi connectivity index (χ0n) is 17.2. The lowest BCUT2D eigenvalue weighted by molar-refractivity contribution is -0.138. The molecule has 2 aromatic carbocycles. The van der Waals surface area contributed by atoms with E-state index in [4.69, 9.17) is 10.2 Å². The molecule has 0 aliphatic rings. The summed E-state index contributed by atoms with van der Waals surface area (Å²) in [6, 6.07) is 16.1. The molecule has 0 unspecified atom stereocenters. The first kappa shape index (κ1) is 21.0. The van der Waals surface area contributed by atoms with Crippen LogP contribution in [-0.2, 0) is 22.4 Å². The number of hydrogen-bond acceptors (Lipinski definition) is 4. The number of carboxylic acids is 2. The van der Waals surface area contributed by atoms with E-state index in [0.717, 1.165) is 33.6 Å². The topological polar surface area (TPSA) is 132 Å². The molecule has 4 rings (SSSR count). The predicted octanol–water partition coefficient (Wildman–Crippen LogP) is 4.17. The second kappa shape index (κ2) is 9.30. The van der Waals surface area contributed by atoms with Gasteiger partial charge in [-0.3, -0.25) is 9.59 Å². The molecule has 2 aromatic heterocycles. The summed E-state index contributed by atoms with van der Waals surface area (Å²) in [5.74, 6) is -0.368. The van der Waals surface area contributed by atoms with Crippen LogP contribution in [0.15, 0.2) is 60.9 Å². The number of nitrogens with one attached hydrogen (secondary N) is 2. The van der Waals surface area contributed by atoms with E-state index in [1.165, 1.54) is 0 Å². The average Bonchev–Trinajstić information content (AvgIpc) is 3.46. The van der Waals surface area contributed by atoms with Crippen molar-refractivity contribution in [3.05, 3.63) is 72.6 Å². The predicted molar refractivity (Wildman–Crippen MR) is 119 cm³/mol. The van der Waals surface area contributed by atoms with Crippen LogP contribution in [0.2, 0.25) is 0 Å². The van der Waals surface area contributed by atoms with Crippen LogP contribution in [0.25, 0.3) is 33.6 Å². The number of benzene rings is 2. The number of aromatic nitrogens is 4. The standard InChI is InChI=1S/C24H22N4O4/c29-23(30)11-9-21-25-13-19(27-21)17-5-1-15(2-6-17)16-3-7-18(8-4-16)20-14-26-22(28-20)10-12-24(31)32/h1-8,13-14H,9-12H2,(H,25,27)(H,26,28)(H,29,30)(H,31,32). The molecule has 8 nitrogen and oxygen atoms in total. The summed E-state index contributed by atoms with van der Waals surface area (Å²) in [6.07, 6.45) is 4.27. The molecule has 0 saturated carbocycles. The third-order valence-corrected chi connectivity index (χ3v) is 5.13. The maximum Gasteiger partial charge on any atom is 0.303 e. The zero-order valence-corrected chi connectivity index (χ0v) is 17.2. The van der Waals surface area contributed by atoms with Crippen LogP contribution in [0, 0.1) is 0 Å². The van der Waals surface area contributed by atoms with Gasteiger partial charge in [-0.05, 0) is 22.3 Å². The van der Waals surface area contributed by atoms with Crippen LogP contribution in [0.4, 0.5) is 0 Å². The third kappa shape index (κ3) is 5.10. The molecule has 0 amide bonds. The molecule has 8 heteroatoms. The van der Waals surface area contributed by atoms with Gasteiger partial charge in [0.05, 0.1) is 36.6 Å². The molecule has 4 N–H and O–H groups in total. The van der Waals surface area contributed by atoms with E-state index in [1.807, 2.05) is 48.5 Å². The Morgan fingerprint density at radius 2 is 0.969 bits per heavy atom. The highest BCUT2D eigenvalue weighted by atomic mass is 16.4.